The second-order valence-corrected chi connectivity index (χ2v) is 10.5. The van der Waals surface area contributed by atoms with Gasteiger partial charge < -0.3 is 15.3 Å². The van der Waals surface area contributed by atoms with E-state index >= 15 is 0 Å². The predicted octanol–water partition coefficient (Wildman–Crippen LogP) is 1.19. The number of hydrogen-bond donors (Lipinski definition) is 2. The molecule has 1 aliphatic heterocycles. The second-order valence-electron chi connectivity index (χ2n) is 10.5. The van der Waals surface area contributed by atoms with Gasteiger partial charge in [0.05, 0.1) is 18.3 Å². The van der Waals surface area contributed by atoms with Crippen LogP contribution in [0.15, 0.2) is 12.5 Å². The number of amides is 2. The summed E-state index contributed by atoms with van der Waals surface area (Å²) in [5.74, 6) is 0.506. The first-order valence-corrected chi connectivity index (χ1v) is 11.6. The van der Waals surface area contributed by atoms with Crippen molar-refractivity contribution >= 4 is 11.8 Å². The fourth-order valence-electron chi connectivity index (χ4n) is 4.44. The summed E-state index contributed by atoms with van der Waals surface area (Å²) in [5, 5.41) is 25.9. The zero-order chi connectivity index (χ0) is 23.9. The van der Waals surface area contributed by atoms with Crippen LogP contribution in [0.5, 0.6) is 0 Å². The summed E-state index contributed by atoms with van der Waals surface area (Å²) < 4.78 is 3.37. The third kappa shape index (κ3) is 4.92. The van der Waals surface area contributed by atoms with Crippen LogP contribution in [0.25, 0.3) is 0 Å². The highest BCUT2D eigenvalue weighted by molar-refractivity contribution is 5.90. The van der Waals surface area contributed by atoms with Gasteiger partial charge in [0.1, 0.15) is 24.2 Å². The summed E-state index contributed by atoms with van der Waals surface area (Å²) in [5.41, 5.74) is 0.440. The van der Waals surface area contributed by atoms with Crippen molar-refractivity contribution in [2.45, 2.75) is 90.6 Å². The molecule has 4 rings (SSSR count). The molecule has 2 N–H and O–H groups in total. The Morgan fingerprint density at radius 3 is 2.64 bits per heavy atom. The smallest absolute Gasteiger partial charge is 0.248 e. The Balaban J connectivity index is 1.51. The van der Waals surface area contributed by atoms with Crippen LogP contribution in [0, 0.1) is 5.41 Å². The molecule has 11 nitrogen and oxygen atoms in total. The molecule has 33 heavy (non-hydrogen) atoms. The highest BCUT2D eigenvalue weighted by Crippen LogP contribution is 2.40. The number of likely N-dealkylation sites (tertiary alicyclic amines) is 1. The van der Waals surface area contributed by atoms with Crippen LogP contribution in [0.4, 0.5) is 0 Å². The van der Waals surface area contributed by atoms with E-state index in [0.29, 0.717) is 11.7 Å². The molecule has 2 unspecified atom stereocenters. The maximum atomic E-state index is 13.7. The third-order valence-electron chi connectivity index (χ3n) is 6.26. The van der Waals surface area contributed by atoms with Gasteiger partial charge in [-0.3, -0.25) is 9.59 Å². The van der Waals surface area contributed by atoms with E-state index in [1.807, 2.05) is 40.8 Å². The average Bonchev–Trinajstić information content (AvgIpc) is 3.13. The standard InChI is InChI=1S/C22H34N8O3/c1-13(2)30-18(24-12-25-30)9-23-20(32)17-8-15(31)10-28(17)21(33)19(22(3,4)5)29-11-16(26-27-29)14-6-7-14/h11-15,17,19,31H,6-10H2,1-5H3,(H,23,32)/t15?,17?,19-/m1/s1. The number of rotatable bonds is 7. The van der Waals surface area contributed by atoms with E-state index < -0.39 is 23.6 Å². The van der Waals surface area contributed by atoms with Gasteiger partial charge in [-0.05, 0) is 32.1 Å². The van der Waals surface area contributed by atoms with Crippen molar-refractivity contribution < 1.29 is 14.7 Å². The molecular weight excluding hydrogens is 424 g/mol. The molecule has 1 saturated heterocycles. The first-order valence-electron chi connectivity index (χ1n) is 11.6. The van der Waals surface area contributed by atoms with E-state index in [2.05, 4.69) is 25.7 Å². The quantitative estimate of drug-likeness (QED) is 0.637. The molecular formula is C22H34N8O3. The molecule has 3 heterocycles. The molecule has 2 fully saturated rings. The predicted molar refractivity (Wildman–Crippen MR) is 119 cm³/mol. The molecule has 11 heteroatoms. The molecule has 0 radical (unpaired) electrons. The Kier molecular flexibility index (Phi) is 6.26. The number of aromatic nitrogens is 6. The van der Waals surface area contributed by atoms with E-state index in [1.165, 1.54) is 11.2 Å². The highest BCUT2D eigenvalue weighted by Gasteiger charge is 2.45. The number of hydrogen-bond acceptors (Lipinski definition) is 7. The maximum Gasteiger partial charge on any atom is 0.248 e. The number of carbonyl (C=O) groups is 2. The highest BCUT2D eigenvalue weighted by atomic mass is 16.3. The summed E-state index contributed by atoms with van der Waals surface area (Å²) in [4.78, 5) is 32.5. The van der Waals surface area contributed by atoms with Crippen LogP contribution in [-0.2, 0) is 16.1 Å². The van der Waals surface area contributed by atoms with E-state index in [9.17, 15) is 14.7 Å². The van der Waals surface area contributed by atoms with Gasteiger partial charge in [-0.1, -0.05) is 26.0 Å². The molecule has 0 spiro atoms. The Labute approximate surface area is 193 Å². The van der Waals surface area contributed by atoms with Crippen molar-refractivity contribution in [2.75, 3.05) is 6.54 Å². The fraction of sp³-hybridized carbons (Fsp3) is 0.727. The number of β-amino-alcohol motifs (C(OH)–C–C–N with tert-alkyl or cyclic N) is 1. The second kappa shape index (κ2) is 8.85. The fourth-order valence-corrected chi connectivity index (χ4v) is 4.44. The van der Waals surface area contributed by atoms with Crippen LogP contribution >= 0.6 is 0 Å². The first-order chi connectivity index (χ1) is 15.6. The van der Waals surface area contributed by atoms with Crippen molar-refractivity contribution in [3.05, 3.63) is 24.0 Å². The molecule has 2 aliphatic rings. The lowest BCUT2D eigenvalue weighted by Crippen LogP contribution is -2.50. The van der Waals surface area contributed by atoms with Crippen LogP contribution in [0.3, 0.4) is 0 Å². The van der Waals surface area contributed by atoms with Gasteiger partial charge in [0, 0.05) is 31.1 Å². The molecule has 2 amide bonds. The number of aliphatic hydroxyl groups excluding tert-OH is 1. The lowest BCUT2D eigenvalue weighted by molar-refractivity contribution is -0.144. The minimum absolute atomic E-state index is 0.107. The normalized spacial score (nSPS) is 22.1. The number of aliphatic hydroxyl groups is 1. The monoisotopic (exact) mass is 458 g/mol. The maximum absolute atomic E-state index is 13.7. The summed E-state index contributed by atoms with van der Waals surface area (Å²) >= 11 is 0. The van der Waals surface area contributed by atoms with Gasteiger partial charge in [-0.25, -0.2) is 14.3 Å². The molecule has 1 aliphatic carbocycles. The molecule has 2 aromatic heterocycles. The Morgan fingerprint density at radius 1 is 1.27 bits per heavy atom. The van der Waals surface area contributed by atoms with Gasteiger partial charge in [-0.15, -0.1) is 5.10 Å². The Bertz CT molecular complexity index is 1000. The summed E-state index contributed by atoms with van der Waals surface area (Å²) in [7, 11) is 0. The molecule has 0 aromatic carbocycles. The van der Waals surface area contributed by atoms with Gasteiger partial charge in [-0.2, -0.15) is 5.10 Å². The number of carbonyl (C=O) groups excluding carboxylic acids is 2. The zero-order valence-electron chi connectivity index (χ0n) is 20.0. The Hall–Kier alpha value is -2.82. The molecule has 0 bridgehead atoms. The molecule has 2 aromatic rings. The van der Waals surface area contributed by atoms with Gasteiger partial charge in [0.15, 0.2) is 0 Å². The third-order valence-corrected chi connectivity index (χ3v) is 6.26. The summed E-state index contributed by atoms with van der Waals surface area (Å²) in [6.07, 6.45) is 4.93. The van der Waals surface area contributed by atoms with E-state index in [4.69, 9.17) is 0 Å². The summed E-state index contributed by atoms with van der Waals surface area (Å²) in [6.45, 7) is 10.2. The van der Waals surface area contributed by atoms with E-state index in [0.717, 1.165) is 18.5 Å². The Morgan fingerprint density at radius 2 is 2.00 bits per heavy atom. The minimum Gasteiger partial charge on any atom is -0.391 e. The van der Waals surface area contributed by atoms with E-state index in [1.54, 1.807) is 9.36 Å². The van der Waals surface area contributed by atoms with Crippen LogP contribution < -0.4 is 5.32 Å². The first kappa shape index (κ1) is 23.3. The van der Waals surface area contributed by atoms with E-state index in [-0.39, 0.29) is 37.4 Å². The van der Waals surface area contributed by atoms with Crippen molar-refractivity contribution in [2.24, 2.45) is 5.41 Å². The van der Waals surface area contributed by atoms with Crippen LogP contribution in [0.1, 0.15) is 83.4 Å². The lowest BCUT2D eigenvalue weighted by Gasteiger charge is -2.34. The minimum atomic E-state index is -0.765. The lowest BCUT2D eigenvalue weighted by atomic mass is 9.85. The van der Waals surface area contributed by atoms with Crippen molar-refractivity contribution in [3.63, 3.8) is 0 Å². The van der Waals surface area contributed by atoms with Crippen LogP contribution in [-0.4, -0.2) is 70.3 Å². The molecule has 3 atom stereocenters. The summed E-state index contributed by atoms with van der Waals surface area (Å²) in [6, 6.07) is -1.29. The average molecular weight is 459 g/mol. The molecule has 180 valence electrons. The van der Waals surface area contributed by atoms with Gasteiger partial charge in [0.2, 0.25) is 11.8 Å². The van der Waals surface area contributed by atoms with Gasteiger partial charge >= 0.3 is 0 Å². The van der Waals surface area contributed by atoms with Gasteiger partial charge in [0.25, 0.3) is 0 Å². The largest absolute Gasteiger partial charge is 0.391 e. The van der Waals surface area contributed by atoms with Crippen molar-refractivity contribution in [3.8, 4) is 0 Å². The van der Waals surface area contributed by atoms with Crippen LogP contribution in [0.2, 0.25) is 0 Å². The number of nitrogens with one attached hydrogen (secondary N) is 1. The van der Waals surface area contributed by atoms with Crippen molar-refractivity contribution in [1.29, 1.82) is 0 Å². The SMILES string of the molecule is CC(C)n1ncnc1CNC(=O)C1CC(O)CN1C(=O)[C@@H](n1cc(C2CC2)nn1)C(C)(C)C. The topological polar surface area (TPSA) is 131 Å². The zero-order valence-corrected chi connectivity index (χ0v) is 20.0. The molecule has 1 saturated carbocycles. The number of nitrogens with zero attached hydrogens (tertiary/aromatic N) is 7. The van der Waals surface area contributed by atoms with Crippen molar-refractivity contribution in [1.82, 2.24) is 40.0 Å².